The first-order valence-corrected chi connectivity index (χ1v) is 9.38. The highest BCUT2D eigenvalue weighted by Crippen LogP contribution is 2.25. The number of non-ortho nitro benzene ring substituents is 1. The number of nitro benzene ring substituents is 1. The largest absolute Gasteiger partial charge is 0.495 e. The fraction of sp³-hybridized carbons (Fsp3) is 0.300. The van der Waals surface area contributed by atoms with Crippen LogP contribution in [-0.4, -0.2) is 57.0 Å². The van der Waals surface area contributed by atoms with Gasteiger partial charge in [-0.2, -0.15) is 5.10 Å². The van der Waals surface area contributed by atoms with Crippen LogP contribution in [0, 0.1) is 10.1 Å². The van der Waals surface area contributed by atoms with Gasteiger partial charge in [-0.3, -0.25) is 14.9 Å². The number of anilines is 2. The summed E-state index contributed by atoms with van der Waals surface area (Å²) in [6.45, 7) is 2.50. The van der Waals surface area contributed by atoms with Crippen molar-refractivity contribution in [3.05, 3.63) is 58.1 Å². The molecule has 10 nitrogen and oxygen atoms in total. The number of nitrogens with zero attached hydrogens (tertiary/aromatic N) is 3. The van der Waals surface area contributed by atoms with Crippen molar-refractivity contribution < 1.29 is 19.2 Å². The Morgan fingerprint density at radius 2 is 2.07 bits per heavy atom. The summed E-state index contributed by atoms with van der Waals surface area (Å²) in [6.07, 6.45) is 1.42. The van der Waals surface area contributed by atoms with E-state index in [1.165, 1.54) is 18.3 Å². The van der Waals surface area contributed by atoms with E-state index in [1.54, 1.807) is 25.3 Å². The molecule has 0 bridgehead atoms. The number of morpholine rings is 1. The first kappa shape index (κ1) is 21.1. The quantitative estimate of drug-likeness (QED) is 0.386. The molecule has 2 N–H and O–H groups in total. The zero-order valence-electron chi connectivity index (χ0n) is 16.5. The molecular formula is C20H23N5O5. The molecule has 30 heavy (non-hydrogen) atoms. The van der Waals surface area contributed by atoms with Crippen LogP contribution in [0.2, 0.25) is 0 Å². The number of rotatable bonds is 8. The summed E-state index contributed by atoms with van der Waals surface area (Å²) in [5.74, 6) is 0.260. The Hall–Kier alpha value is -3.66. The zero-order chi connectivity index (χ0) is 21.3. The summed E-state index contributed by atoms with van der Waals surface area (Å²) in [6, 6.07) is 11.8. The number of methoxy groups -OCH3 is 1. The molecule has 1 aliphatic rings. The lowest BCUT2D eigenvalue weighted by molar-refractivity contribution is -0.384. The molecule has 2 aromatic rings. The number of hydrogen-bond acceptors (Lipinski definition) is 8. The van der Waals surface area contributed by atoms with E-state index in [9.17, 15) is 14.9 Å². The van der Waals surface area contributed by atoms with Crippen molar-refractivity contribution in [2.45, 2.75) is 0 Å². The predicted molar refractivity (Wildman–Crippen MR) is 113 cm³/mol. The molecule has 10 heteroatoms. The highest BCUT2D eigenvalue weighted by atomic mass is 16.6. The lowest BCUT2D eigenvalue weighted by atomic mass is 10.1. The van der Waals surface area contributed by atoms with E-state index in [1.807, 2.05) is 12.1 Å². The molecule has 1 aliphatic heterocycles. The number of hydrogen-bond donors (Lipinski definition) is 2. The number of carbonyl (C=O) groups is 1. The van der Waals surface area contributed by atoms with Gasteiger partial charge in [0.1, 0.15) is 5.75 Å². The van der Waals surface area contributed by atoms with Gasteiger partial charge in [0, 0.05) is 36.5 Å². The molecular weight excluding hydrogens is 390 g/mol. The molecule has 1 heterocycles. The SMILES string of the molecule is COc1ccccc1NCC(=O)N/N=C\c1cc([N+](=O)[O-])ccc1N1CCOCC1. The summed E-state index contributed by atoms with van der Waals surface area (Å²) in [5, 5.41) is 18.1. The van der Waals surface area contributed by atoms with E-state index in [2.05, 4.69) is 20.7 Å². The Morgan fingerprint density at radius 1 is 1.30 bits per heavy atom. The van der Waals surface area contributed by atoms with Crippen molar-refractivity contribution in [2.75, 3.05) is 50.2 Å². The minimum Gasteiger partial charge on any atom is -0.495 e. The number of para-hydroxylation sites is 2. The minimum absolute atomic E-state index is 0.0109. The summed E-state index contributed by atoms with van der Waals surface area (Å²) >= 11 is 0. The van der Waals surface area contributed by atoms with Crippen LogP contribution < -0.4 is 20.4 Å². The number of benzene rings is 2. The smallest absolute Gasteiger partial charge is 0.270 e. The first-order valence-electron chi connectivity index (χ1n) is 9.38. The second kappa shape index (κ2) is 10.2. The summed E-state index contributed by atoms with van der Waals surface area (Å²) < 4.78 is 10.6. The molecule has 0 aliphatic carbocycles. The van der Waals surface area contributed by atoms with Gasteiger partial charge in [-0.1, -0.05) is 12.1 Å². The number of amides is 1. The van der Waals surface area contributed by atoms with Crippen LogP contribution in [0.4, 0.5) is 17.1 Å². The maximum absolute atomic E-state index is 12.1. The van der Waals surface area contributed by atoms with E-state index in [4.69, 9.17) is 9.47 Å². The van der Waals surface area contributed by atoms with Gasteiger partial charge in [0.2, 0.25) is 0 Å². The standard InChI is InChI=1S/C20H23N5O5/c1-29-19-5-3-2-4-17(19)21-14-20(26)23-22-13-15-12-16(25(27)28)6-7-18(15)24-8-10-30-11-9-24/h2-7,12-13,21H,8-11,14H2,1H3,(H,23,26)/b22-13-. The van der Waals surface area contributed by atoms with Crippen LogP contribution in [0.25, 0.3) is 0 Å². The van der Waals surface area contributed by atoms with Crippen LogP contribution in [0.3, 0.4) is 0 Å². The summed E-state index contributed by atoms with van der Waals surface area (Å²) in [4.78, 5) is 24.8. The molecule has 158 valence electrons. The van der Waals surface area contributed by atoms with Crippen LogP contribution in [0.5, 0.6) is 5.75 Å². The normalized spacial score (nSPS) is 13.8. The van der Waals surface area contributed by atoms with Gasteiger partial charge in [0.15, 0.2) is 0 Å². The van der Waals surface area contributed by atoms with Crippen molar-refractivity contribution in [1.29, 1.82) is 0 Å². The van der Waals surface area contributed by atoms with Gasteiger partial charge in [-0.15, -0.1) is 0 Å². The molecule has 0 unspecified atom stereocenters. The third-order valence-electron chi connectivity index (χ3n) is 4.51. The summed E-state index contributed by atoms with van der Waals surface area (Å²) in [5.41, 5.74) is 4.42. The van der Waals surface area contributed by atoms with E-state index >= 15 is 0 Å². The van der Waals surface area contributed by atoms with Crippen molar-refractivity contribution in [3.8, 4) is 5.75 Å². The average molecular weight is 413 g/mol. The van der Waals surface area contributed by atoms with Gasteiger partial charge in [0.05, 0.1) is 43.7 Å². The van der Waals surface area contributed by atoms with Gasteiger partial charge in [-0.25, -0.2) is 5.43 Å². The van der Waals surface area contributed by atoms with Gasteiger partial charge in [0.25, 0.3) is 11.6 Å². The van der Waals surface area contributed by atoms with E-state index in [-0.39, 0.29) is 18.1 Å². The van der Waals surface area contributed by atoms with Crippen LogP contribution >= 0.6 is 0 Å². The number of ether oxygens (including phenoxy) is 2. The fourth-order valence-electron chi connectivity index (χ4n) is 3.03. The number of hydrazone groups is 1. The van der Waals surface area contributed by atoms with E-state index in [0.29, 0.717) is 43.3 Å². The van der Waals surface area contributed by atoms with E-state index < -0.39 is 4.92 Å². The molecule has 3 rings (SSSR count). The molecule has 0 radical (unpaired) electrons. The molecule has 2 aromatic carbocycles. The highest BCUT2D eigenvalue weighted by Gasteiger charge is 2.17. The Kier molecular flexibility index (Phi) is 7.17. The molecule has 1 saturated heterocycles. The predicted octanol–water partition coefficient (Wildman–Crippen LogP) is 2.00. The molecule has 0 spiro atoms. The van der Waals surface area contributed by atoms with E-state index in [0.717, 1.165) is 5.69 Å². The Labute approximate surface area is 173 Å². The molecule has 0 aromatic heterocycles. The maximum atomic E-state index is 12.1. The Balaban J connectivity index is 1.65. The second-order valence-corrected chi connectivity index (χ2v) is 6.45. The first-order chi connectivity index (χ1) is 14.6. The highest BCUT2D eigenvalue weighted by molar-refractivity contribution is 5.90. The summed E-state index contributed by atoms with van der Waals surface area (Å²) in [7, 11) is 1.55. The lowest BCUT2D eigenvalue weighted by Crippen LogP contribution is -2.36. The van der Waals surface area contributed by atoms with Crippen molar-refractivity contribution in [3.63, 3.8) is 0 Å². The lowest BCUT2D eigenvalue weighted by Gasteiger charge is -2.29. The third kappa shape index (κ3) is 5.45. The van der Waals surface area contributed by atoms with Gasteiger partial charge in [-0.05, 0) is 18.2 Å². The topological polar surface area (TPSA) is 118 Å². The molecule has 0 saturated carbocycles. The molecule has 1 fully saturated rings. The number of carbonyl (C=O) groups excluding carboxylic acids is 1. The number of nitrogens with one attached hydrogen (secondary N) is 2. The number of nitro groups is 1. The van der Waals surface area contributed by atoms with Crippen LogP contribution in [0.15, 0.2) is 47.6 Å². The van der Waals surface area contributed by atoms with Crippen molar-refractivity contribution >= 4 is 29.2 Å². The minimum atomic E-state index is -0.462. The third-order valence-corrected chi connectivity index (χ3v) is 4.51. The average Bonchev–Trinajstić information content (AvgIpc) is 2.78. The Morgan fingerprint density at radius 3 is 2.80 bits per heavy atom. The molecule has 1 amide bonds. The maximum Gasteiger partial charge on any atom is 0.270 e. The van der Waals surface area contributed by atoms with Gasteiger partial charge < -0.3 is 19.7 Å². The Bertz CT molecular complexity index is 928. The van der Waals surface area contributed by atoms with Gasteiger partial charge >= 0.3 is 0 Å². The molecule has 0 atom stereocenters. The monoisotopic (exact) mass is 413 g/mol. The van der Waals surface area contributed by atoms with Crippen molar-refractivity contribution in [1.82, 2.24) is 5.43 Å². The van der Waals surface area contributed by atoms with Crippen LogP contribution in [-0.2, 0) is 9.53 Å². The zero-order valence-corrected chi connectivity index (χ0v) is 16.5. The second-order valence-electron chi connectivity index (χ2n) is 6.45. The fourth-order valence-corrected chi connectivity index (χ4v) is 3.03. The van der Waals surface area contributed by atoms with Crippen LogP contribution in [0.1, 0.15) is 5.56 Å². The van der Waals surface area contributed by atoms with Crippen molar-refractivity contribution in [2.24, 2.45) is 5.10 Å².